The van der Waals surface area contributed by atoms with Crippen molar-refractivity contribution >= 4 is 27.3 Å². The minimum absolute atomic E-state index is 0.105. The molecular formula is C21H17F2N3O3S. The fraction of sp³-hybridized carbons (Fsp3) is 0.190. The zero-order valence-corrected chi connectivity index (χ0v) is 16.9. The van der Waals surface area contributed by atoms with E-state index in [4.69, 9.17) is 9.26 Å². The Kier molecular flexibility index (Phi) is 5.56. The molecule has 0 fully saturated rings. The minimum Gasteiger partial charge on any atom is -0.380 e. The molecule has 154 valence electrons. The van der Waals surface area contributed by atoms with Gasteiger partial charge in [-0.1, -0.05) is 11.2 Å². The van der Waals surface area contributed by atoms with Gasteiger partial charge in [-0.05, 0) is 43.3 Å². The van der Waals surface area contributed by atoms with Crippen LogP contribution in [-0.2, 0) is 11.3 Å². The molecule has 1 N–H and O–H groups in total. The van der Waals surface area contributed by atoms with Gasteiger partial charge in [0.2, 0.25) is 11.7 Å². The summed E-state index contributed by atoms with van der Waals surface area (Å²) in [6, 6.07) is 9.80. The van der Waals surface area contributed by atoms with E-state index in [1.807, 2.05) is 0 Å². The summed E-state index contributed by atoms with van der Waals surface area (Å²) in [4.78, 5) is 17.5. The van der Waals surface area contributed by atoms with E-state index in [-0.39, 0.29) is 24.1 Å². The molecule has 0 bridgehead atoms. The number of benzene rings is 2. The minimum atomic E-state index is -0.593. The maximum absolute atomic E-state index is 14.3. The first kappa shape index (κ1) is 20.1. The second kappa shape index (κ2) is 8.29. The summed E-state index contributed by atoms with van der Waals surface area (Å²) in [7, 11) is 1.49. The Morgan fingerprint density at radius 3 is 2.73 bits per heavy atom. The van der Waals surface area contributed by atoms with Gasteiger partial charge in [-0.2, -0.15) is 4.98 Å². The van der Waals surface area contributed by atoms with Gasteiger partial charge in [-0.25, -0.2) is 8.78 Å². The molecule has 2 aromatic carbocycles. The van der Waals surface area contributed by atoms with Crippen LogP contribution < -0.4 is 5.32 Å². The Bertz CT molecular complexity index is 1200. The van der Waals surface area contributed by atoms with Crippen LogP contribution in [0.1, 0.15) is 34.1 Å². The van der Waals surface area contributed by atoms with Crippen LogP contribution in [0.25, 0.3) is 21.5 Å². The highest BCUT2D eigenvalue weighted by Crippen LogP contribution is 2.34. The molecule has 0 aliphatic carbocycles. The molecule has 1 unspecified atom stereocenters. The zero-order chi connectivity index (χ0) is 21.3. The van der Waals surface area contributed by atoms with Gasteiger partial charge in [-0.15, -0.1) is 11.3 Å². The van der Waals surface area contributed by atoms with Crippen molar-refractivity contribution in [1.82, 2.24) is 15.5 Å². The first-order valence-electron chi connectivity index (χ1n) is 9.07. The van der Waals surface area contributed by atoms with E-state index in [9.17, 15) is 13.6 Å². The molecule has 1 amide bonds. The topological polar surface area (TPSA) is 77.2 Å². The number of thiophene rings is 1. The maximum Gasteiger partial charge on any atom is 0.262 e. The van der Waals surface area contributed by atoms with Gasteiger partial charge in [0.1, 0.15) is 17.7 Å². The van der Waals surface area contributed by atoms with E-state index >= 15 is 0 Å². The largest absolute Gasteiger partial charge is 0.380 e. The lowest BCUT2D eigenvalue weighted by molar-refractivity contribution is 0.0932. The summed E-state index contributed by atoms with van der Waals surface area (Å²) in [6.45, 7) is 1.80. The Hall–Kier alpha value is -3.17. The first-order chi connectivity index (χ1) is 14.5. The molecule has 0 aliphatic rings. The normalized spacial score (nSPS) is 12.3. The van der Waals surface area contributed by atoms with Crippen molar-refractivity contribution in [3.05, 3.63) is 70.4 Å². The van der Waals surface area contributed by atoms with E-state index in [1.165, 1.54) is 48.8 Å². The lowest BCUT2D eigenvalue weighted by Gasteiger charge is -2.10. The molecule has 0 radical (unpaired) electrons. The first-order valence-corrected chi connectivity index (χ1v) is 9.88. The lowest BCUT2D eigenvalue weighted by Crippen LogP contribution is -2.27. The van der Waals surface area contributed by atoms with E-state index in [0.29, 0.717) is 26.1 Å². The quantitative estimate of drug-likeness (QED) is 0.473. The predicted octanol–water partition coefficient (Wildman–Crippen LogP) is 4.87. The van der Waals surface area contributed by atoms with Gasteiger partial charge < -0.3 is 14.6 Å². The summed E-state index contributed by atoms with van der Waals surface area (Å²) in [5.41, 5.74) is 1.09. The van der Waals surface area contributed by atoms with Crippen LogP contribution in [0.3, 0.4) is 0 Å². The van der Waals surface area contributed by atoms with Gasteiger partial charge in [-0.3, -0.25) is 4.79 Å². The van der Waals surface area contributed by atoms with E-state index < -0.39 is 17.8 Å². The molecule has 0 saturated carbocycles. The number of nitrogens with zero attached hydrogens (tertiary/aromatic N) is 2. The Morgan fingerprint density at radius 1 is 1.23 bits per heavy atom. The average Bonchev–Trinajstić information content (AvgIpc) is 3.35. The molecule has 30 heavy (non-hydrogen) atoms. The maximum atomic E-state index is 14.3. The fourth-order valence-corrected chi connectivity index (χ4v) is 4.21. The van der Waals surface area contributed by atoms with Gasteiger partial charge in [0, 0.05) is 28.3 Å². The second-order valence-electron chi connectivity index (χ2n) is 6.61. The third-order valence-electron chi connectivity index (χ3n) is 4.52. The number of aromatic nitrogens is 2. The van der Waals surface area contributed by atoms with Crippen molar-refractivity contribution in [2.45, 2.75) is 19.6 Å². The van der Waals surface area contributed by atoms with E-state index in [2.05, 4.69) is 15.5 Å². The van der Waals surface area contributed by atoms with Crippen LogP contribution in [0.2, 0.25) is 0 Å². The predicted molar refractivity (Wildman–Crippen MR) is 108 cm³/mol. The molecule has 6 nitrogen and oxygen atoms in total. The summed E-state index contributed by atoms with van der Waals surface area (Å²) >= 11 is 1.19. The molecular weight excluding hydrogens is 412 g/mol. The lowest BCUT2D eigenvalue weighted by atomic mass is 10.1. The zero-order valence-electron chi connectivity index (χ0n) is 16.1. The number of methoxy groups -OCH3 is 1. The number of ether oxygens (including phenoxy) is 1. The number of carbonyl (C=O) groups is 1. The van der Waals surface area contributed by atoms with Crippen molar-refractivity contribution in [2.75, 3.05) is 7.11 Å². The summed E-state index contributed by atoms with van der Waals surface area (Å²) in [5.74, 6) is -0.673. The fourth-order valence-electron chi connectivity index (χ4n) is 3.08. The monoisotopic (exact) mass is 429 g/mol. The van der Waals surface area contributed by atoms with Gasteiger partial charge >= 0.3 is 0 Å². The van der Waals surface area contributed by atoms with Crippen LogP contribution in [0.15, 0.2) is 47.0 Å². The van der Waals surface area contributed by atoms with Crippen LogP contribution in [0.4, 0.5) is 8.78 Å². The average molecular weight is 429 g/mol. The number of hydrogen-bond acceptors (Lipinski definition) is 6. The summed E-state index contributed by atoms with van der Waals surface area (Å²) in [5, 5.41) is 7.07. The van der Waals surface area contributed by atoms with Gasteiger partial charge in [0.25, 0.3) is 5.91 Å². The number of amides is 1. The molecule has 0 saturated heterocycles. The number of fused-ring (bicyclic) bond motifs is 1. The number of hydrogen-bond donors (Lipinski definition) is 1. The molecule has 2 aromatic heterocycles. The van der Waals surface area contributed by atoms with Crippen molar-refractivity contribution in [3.63, 3.8) is 0 Å². The SMILES string of the molecule is COCc1c(C(=O)NC(C)c2nc(-c3ccc(F)cc3)no2)sc2cccc(F)c12. The van der Waals surface area contributed by atoms with Crippen molar-refractivity contribution in [3.8, 4) is 11.4 Å². The van der Waals surface area contributed by atoms with Crippen molar-refractivity contribution in [2.24, 2.45) is 0 Å². The highest BCUT2D eigenvalue weighted by atomic mass is 32.1. The molecule has 4 aromatic rings. The van der Waals surface area contributed by atoms with Gasteiger partial charge in [0.05, 0.1) is 11.5 Å². The smallest absolute Gasteiger partial charge is 0.262 e. The standard InChI is InChI=1S/C21H17F2N3O3S/c1-11(21-25-19(26-29-21)12-6-8-13(22)9-7-12)24-20(27)18-14(10-28-2)17-15(23)4-3-5-16(17)30-18/h3-9,11H,10H2,1-2H3,(H,24,27). The molecule has 4 rings (SSSR count). The van der Waals surface area contributed by atoms with Crippen LogP contribution in [0.5, 0.6) is 0 Å². The Labute approximate surface area is 174 Å². The molecule has 9 heteroatoms. The van der Waals surface area contributed by atoms with Crippen molar-refractivity contribution < 1.29 is 22.8 Å². The second-order valence-corrected chi connectivity index (χ2v) is 7.67. The Morgan fingerprint density at radius 2 is 2.00 bits per heavy atom. The number of carbonyl (C=O) groups excluding carboxylic acids is 1. The molecule has 2 heterocycles. The third kappa shape index (κ3) is 3.81. The highest BCUT2D eigenvalue weighted by Gasteiger charge is 2.24. The van der Waals surface area contributed by atoms with Crippen LogP contribution >= 0.6 is 11.3 Å². The number of nitrogens with one attached hydrogen (secondary N) is 1. The highest BCUT2D eigenvalue weighted by molar-refractivity contribution is 7.21. The van der Waals surface area contributed by atoms with Gasteiger partial charge in [0.15, 0.2) is 0 Å². The van der Waals surface area contributed by atoms with Crippen molar-refractivity contribution in [1.29, 1.82) is 0 Å². The molecule has 1 atom stereocenters. The third-order valence-corrected chi connectivity index (χ3v) is 5.72. The Balaban J connectivity index is 1.58. The summed E-state index contributed by atoms with van der Waals surface area (Å²) < 4.78 is 38.5. The number of halogens is 2. The van der Waals surface area contributed by atoms with Crippen LogP contribution in [-0.4, -0.2) is 23.2 Å². The summed E-state index contributed by atoms with van der Waals surface area (Å²) in [6.07, 6.45) is 0. The number of rotatable bonds is 6. The molecule has 0 spiro atoms. The van der Waals surface area contributed by atoms with Crippen LogP contribution in [0, 0.1) is 11.6 Å². The molecule has 0 aliphatic heterocycles. The van der Waals surface area contributed by atoms with E-state index in [1.54, 1.807) is 19.1 Å². The van der Waals surface area contributed by atoms with E-state index in [0.717, 1.165) is 0 Å².